The van der Waals surface area contributed by atoms with E-state index in [4.69, 9.17) is 9.47 Å². The Morgan fingerprint density at radius 2 is 2.04 bits per heavy atom. The Kier molecular flexibility index (Phi) is 8.23. The van der Waals surface area contributed by atoms with Crippen LogP contribution in [0.3, 0.4) is 0 Å². The molecule has 1 fully saturated rings. The van der Waals surface area contributed by atoms with Gasteiger partial charge in [0.05, 0.1) is 13.7 Å². The Morgan fingerprint density at radius 3 is 2.73 bits per heavy atom. The highest BCUT2D eigenvalue weighted by atomic mass is 16.5. The zero-order valence-electron chi connectivity index (χ0n) is 16.8. The molecule has 5 nitrogen and oxygen atoms in total. The van der Waals surface area contributed by atoms with Gasteiger partial charge in [0.2, 0.25) is 0 Å². The van der Waals surface area contributed by atoms with Crippen LogP contribution < -0.4 is 9.47 Å². The van der Waals surface area contributed by atoms with Crippen LogP contribution in [0.4, 0.5) is 0 Å². The van der Waals surface area contributed by atoms with Crippen LogP contribution in [0.25, 0.3) is 0 Å². The number of amides is 1. The molecule has 0 aromatic heterocycles. The van der Waals surface area contributed by atoms with E-state index in [1.807, 2.05) is 23.1 Å². The molecule has 1 saturated heterocycles. The molecule has 146 valence electrons. The van der Waals surface area contributed by atoms with Gasteiger partial charge in [0.15, 0.2) is 11.5 Å². The van der Waals surface area contributed by atoms with Gasteiger partial charge in [0.1, 0.15) is 0 Å². The highest BCUT2D eigenvalue weighted by molar-refractivity contribution is 5.95. The second kappa shape index (κ2) is 10.4. The molecule has 0 saturated carbocycles. The summed E-state index contributed by atoms with van der Waals surface area (Å²) in [4.78, 5) is 17.0. The van der Waals surface area contributed by atoms with Crippen LogP contribution in [0.5, 0.6) is 11.5 Å². The van der Waals surface area contributed by atoms with Crippen LogP contribution in [-0.4, -0.2) is 62.7 Å². The SMILES string of the molecule is CCCCCCOc1ccc(C(=O)N2CCCC(N(C)C)C2)cc1OC. The molecule has 5 heteroatoms. The predicted octanol–water partition coefficient (Wildman–Crippen LogP) is 3.82. The highest BCUT2D eigenvalue weighted by Crippen LogP contribution is 2.29. The fourth-order valence-electron chi connectivity index (χ4n) is 3.37. The van der Waals surface area contributed by atoms with Crippen molar-refractivity contribution in [1.29, 1.82) is 0 Å². The molecule has 1 heterocycles. The smallest absolute Gasteiger partial charge is 0.254 e. The van der Waals surface area contributed by atoms with Gasteiger partial charge in [-0.05, 0) is 51.6 Å². The van der Waals surface area contributed by atoms with Crippen molar-refractivity contribution in [2.45, 2.75) is 51.5 Å². The van der Waals surface area contributed by atoms with E-state index in [-0.39, 0.29) is 5.91 Å². The van der Waals surface area contributed by atoms with Gasteiger partial charge in [-0.3, -0.25) is 4.79 Å². The zero-order chi connectivity index (χ0) is 18.9. The lowest BCUT2D eigenvalue weighted by molar-refractivity contribution is 0.0634. The number of rotatable bonds is 9. The molecule has 1 unspecified atom stereocenters. The van der Waals surface area contributed by atoms with Crippen molar-refractivity contribution in [2.24, 2.45) is 0 Å². The number of ether oxygens (including phenoxy) is 2. The third-order valence-electron chi connectivity index (χ3n) is 5.08. The fraction of sp³-hybridized carbons (Fsp3) is 0.667. The number of methoxy groups -OCH3 is 1. The van der Waals surface area contributed by atoms with Gasteiger partial charge in [0.25, 0.3) is 5.91 Å². The number of likely N-dealkylation sites (N-methyl/N-ethyl adjacent to an activating group) is 1. The largest absolute Gasteiger partial charge is 0.493 e. The van der Waals surface area contributed by atoms with Gasteiger partial charge in [0, 0.05) is 24.7 Å². The zero-order valence-corrected chi connectivity index (χ0v) is 16.8. The summed E-state index contributed by atoms with van der Waals surface area (Å²) in [6.45, 7) is 4.48. The first-order chi connectivity index (χ1) is 12.6. The van der Waals surface area contributed by atoms with E-state index in [0.717, 1.165) is 32.4 Å². The highest BCUT2D eigenvalue weighted by Gasteiger charge is 2.26. The van der Waals surface area contributed by atoms with Gasteiger partial charge in [-0.15, -0.1) is 0 Å². The molecule has 0 bridgehead atoms. The van der Waals surface area contributed by atoms with Crippen molar-refractivity contribution >= 4 is 5.91 Å². The second-order valence-electron chi connectivity index (χ2n) is 7.29. The number of benzene rings is 1. The molecule has 0 spiro atoms. The molecule has 1 aliphatic rings. The minimum Gasteiger partial charge on any atom is -0.493 e. The molecule has 26 heavy (non-hydrogen) atoms. The van der Waals surface area contributed by atoms with E-state index in [2.05, 4.69) is 25.9 Å². The van der Waals surface area contributed by atoms with Crippen molar-refractivity contribution in [1.82, 2.24) is 9.80 Å². The van der Waals surface area contributed by atoms with E-state index in [1.54, 1.807) is 7.11 Å². The minimum atomic E-state index is 0.0735. The van der Waals surface area contributed by atoms with E-state index in [9.17, 15) is 4.79 Å². The Hall–Kier alpha value is -1.75. The lowest BCUT2D eigenvalue weighted by atomic mass is 10.0. The molecule has 2 rings (SSSR count). The standard InChI is InChI=1S/C21H34N2O3/c1-5-6-7-8-14-26-19-12-11-17(15-20(19)25-4)21(24)23-13-9-10-18(16-23)22(2)3/h11-12,15,18H,5-10,13-14,16H2,1-4H3. The molecular formula is C21H34N2O3. The normalized spacial score (nSPS) is 17.4. The van der Waals surface area contributed by atoms with Crippen molar-refractivity contribution in [3.8, 4) is 11.5 Å². The molecule has 1 aliphatic heterocycles. The van der Waals surface area contributed by atoms with E-state index in [0.29, 0.717) is 29.7 Å². The molecule has 1 aromatic rings. The number of likely N-dealkylation sites (tertiary alicyclic amines) is 1. The predicted molar refractivity (Wildman–Crippen MR) is 105 cm³/mol. The van der Waals surface area contributed by atoms with Crippen LogP contribution >= 0.6 is 0 Å². The maximum absolute atomic E-state index is 12.9. The summed E-state index contributed by atoms with van der Waals surface area (Å²) in [5.41, 5.74) is 0.666. The van der Waals surface area contributed by atoms with Crippen molar-refractivity contribution in [3.05, 3.63) is 23.8 Å². The first-order valence-corrected chi connectivity index (χ1v) is 9.83. The Labute approximate surface area is 158 Å². The van der Waals surface area contributed by atoms with Crippen molar-refractivity contribution in [2.75, 3.05) is 40.9 Å². The third kappa shape index (κ3) is 5.63. The summed E-state index contributed by atoms with van der Waals surface area (Å²) in [7, 11) is 5.78. The van der Waals surface area contributed by atoms with Gasteiger partial charge < -0.3 is 19.3 Å². The maximum Gasteiger partial charge on any atom is 0.254 e. The summed E-state index contributed by atoms with van der Waals surface area (Å²) in [6, 6.07) is 5.95. The summed E-state index contributed by atoms with van der Waals surface area (Å²) in [5, 5.41) is 0. The lowest BCUT2D eigenvalue weighted by Crippen LogP contribution is -2.47. The summed E-state index contributed by atoms with van der Waals surface area (Å²) in [5.74, 6) is 1.42. The molecule has 1 amide bonds. The summed E-state index contributed by atoms with van der Waals surface area (Å²) in [6.07, 6.45) is 6.85. The van der Waals surface area contributed by atoms with Crippen LogP contribution in [-0.2, 0) is 0 Å². The van der Waals surface area contributed by atoms with Crippen LogP contribution in [0.15, 0.2) is 18.2 Å². The molecule has 1 atom stereocenters. The maximum atomic E-state index is 12.9. The van der Waals surface area contributed by atoms with Gasteiger partial charge >= 0.3 is 0 Å². The monoisotopic (exact) mass is 362 g/mol. The van der Waals surface area contributed by atoms with Gasteiger partial charge in [-0.2, -0.15) is 0 Å². The van der Waals surface area contributed by atoms with Crippen LogP contribution in [0.1, 0.15) is 55.8 Å². The average Bonchev–Trinajstić information content (AvgIpc) is 2.67. The topological polar surface area (TPSA) is 42.0 Å². The molecular weight excluding hydrogens is 328 g/mol. The number of carbonyl (C=O) groups excluding carboxylic acids is 1. The summed E-state index contributed by atoms with van der Waals surface area (Å²) < 4.78 is 11.3. The third-order valence-corrected chi connectivity index (χ3v) is 5.08. The van der Waals surface area contributed by atoms with E-state index in [1.165, 1.54) is 19.3 Å². The lowest BCUT2D eigenvalue weighted by Gasteiger charge is -2.36. The Balaban J connectivity index is 1.99. The van der Waals surface area contributed by atoms with Crippen LogP contribution in [0, 0.1) is 0 Å². The molecule has 0 aliphatic carbocycles. The van der Waals surface area contributed by atoms with Crippen molar-refractivity contribution < 1.29 is 14.3 Å². The number of piperidine rings is 1. The minimum absolute atomic E-state index is 0.0735. The fourth-order valence-corrected chi connectivity index (χ4v) is 3.37. The quantitative estimate of drug-likeness (QED) is 0.626. The number of unbranched alkanes of at least 4 members (excludes halogenated alkanes) is 3. The second-order valence-corrected chi connectivity index (χ2v) is 7.29. The molecule has 0 radical (unpaired) electrons. The van der Waals surface area contributed by atoms with Crippen molar-refractivity contribution in [3.63, 3.8) is 0 Å². The number of carbonyl (C=O) groups is 1. The van der Waals surface area contributed by atoms with Gasteiger partial charge in [-0.25, -0.2) is 0 Å². The number of nitrogens with zero attached hydrogens (tertiary/aromatic N) is 2. The number of hydrogen-bond acceptors (Lipinski definition) is 4. The van der Waals surface area contributed by atoms with Crippen LogP contribution in [0.2, 0.25) is 0 Å². The van der Waals surface area contributed by atoms with Gasteiger partial charge in [-0.1, -0.05) is 26.2 Å². The molecule has 0 N–H and O–H groups in total. The molecule has 1 aromatic carbocycles. The average molecular weight is 363 g/mol. The first-order valence-electron chi connectivity index (χ1n) is 9.83. The first kappa shape index (κ1) is 20.6. The number of hydrogen-bond donors (Lipinski definition) is 0. The summed E-state index contributed by atoms with van der Waals surface area (Å²) >= 11 is 0. The Morgan fingerprint density at radius 1 is 1.23 bits per heavy atom. The van der Waals surface area contributed by atoms with E-state index >= 15 is 0 Å². The Bertz CT molecular complexity index is 574. The van der Waals surface area contributed by atoms with E-state index < -0.39 is 0 Å².